The molecule has 6 heteroatoms. The third-order valence-corrected chi connectivity index (χ3v) is 4.87. The van der Waals surface area contributed by atoms with Crippen molar-refractivity contribution in [1.29, 1.82) is 5.41 Å². The summed E-state index contributed by atoms with van der Waals surface area (Å²) in [6.45, 7) is 4.84. The number of hydrogen-bond acceptors (Lipinski definition) is 3. The van der Waals surface area contributed by atoms with Gasteiger partial charge in [0, 0.05) is 19.5 Å². The highest BCUT2D eigenvalue weighted by Gasteiger charge is 2.39. The lowest BCUT2D eigenvalue weighted by Crippen LogP contribution is -2.38. The topological polar surface area (TPSA) is 87.2 Å². The molecule has 0 radical (unpaired) electrons. The molecule has 16 heavy (non-hydrogen) atoms. The van der Waals surface area contributed by atoms with Crippen molar-refractivity contribution in [2.24, 2.45) is 11.7 Å². The normalized spacial score (nSPS) is 17.0. The summed E-state index contributed by atoms with van der Waals surface area (Å²) >= 11 is 0. The van der Waals surface area contributed by atoms with Gasteiger partial charge in [-0.1, -0.05) is 13.8 Å². The van der Waals surface area contributed by atoms with E-state index in [2.05, 4.69) is 0 Å². The van der Waals surface area contributed by atoms with Crippen molar-refractivity contribution in [1.82, 2.24) is 4.31 Å². The molecule has 0 amide bonds. The number of nitrogens with two attached hydrogens (primary N) is 1. The van der Waals surface area contributed by atoms with E-state index >= 15 is 0 Å². The molecule has 0 aromatic carbocycles. The van der Waals surface area contributed by atoms with Crippen molar-refractivity contribution in [2.45, 2.75) is 38.4 Å². The van der Waals surface area contributed by atoms with E-state index < -0.39 is 10.0 Å². The Morgan fingerprint density at radius 2 is 2.06 bits per heavy atom. The summed E-state index contributed by atoms with van der Waals surface area (Å²) in [6.07, 6.45) is 1.87. The summed E-state index contributed by atoms with van der Waals surface area (Å²) < 4.78 is 25.6. The van der Waals surface area contributed by atoms with Gasteiger partial charge < -0.3 is 5.73 Å². The second-order valence-corrected chi connectivity index (χ2v) is 6.98. The Balaban J connectivity index is 2.66. The van der Waals surface area contributed by atoms with Crippen LogP contribution >= 0.6 is 0 Å². The van der Waals surface area contributed by atoms with Gasteiger partial charge in [-0.25, -0.2) is 12.7 Å². The van der Waals surface area contributed by atoms with Crippen molar-refractivity contribution < 1.29 is 8.42 Å². The number of hydrogen-bond donors (Lipinski definition) is 2. The molecular weight excluding hydrogens is 226 g/mol. The number of nitrogens with zero attached hydrogens (tertiary/aromatic N) is 1. The van der Waals surface area contributed by atoms with Crippen molar-refractivity contribution in [3.63, 3.8) is 0 Å². The lowest BCUT2D eigenvalue weighted by Gasteiger charge is -2.23. The van der Waals surface area contributed by atoms with Gasteiger partial charge in [-0.05, 0) is 18.8 Å². The zero-order valence-electron chi connectivity index (χ0n) is 9.94. The zero-order valence-corrected chi connectivity index (χ0v) is 10.8. The Morgan fingerprint density at radius 3 is 2.44 bits per heavy atom. The molecule has 1 aliphatic carbocycles. The Hall–Kier alpha value is -0.620. The average Bonchev–Trinajstić information content (AvgIpc) is 2.93. The van der Waals surface area contributed by atoms with Gasteiger partial charge in [0.05, 0.1) is 11.1 Å². The molecule has 94 valence electrons. The summed E-state index contributed by atoms with van der Waals surface area (Å²) in [4.78, 5) is 0. The van der Waals surface area contributed by atoms with E-state index in [-0.39, 0.29) is 11.1 Å². The number of nitrogens with one attached hydrogen (secondary N) is 1. The van der Waals surface area contributed by atoms with Crippen LogP contribution in [0.5, 0.6) is 0 Å². The van der Waals surface area contributed by atoms with Crippen LogP contribution in [0.15, 0.2) is 0 Å². The molecule has 0 aromatic rings. The second kappa shape index (κ2) is 5.14. The van der Waals surface area contributed by atoms with Gasteiger partial charge in [0.2, 0.25) is 10.0 Å². The van der Waals surface area contributed by atoms with Crippen LogP contribution in [0.3, 0.4) is 0 Å². The van der Waals surface area contributed by atoms with Gasteiger partial charge in [0.1, 0.15) is 0 Å². The van der Waals surface area contributed by atoms with E-state index in [1.807, 2.05) is 13.8 Å². The molecule has 0 unspecified atom stereocenters. The molecule has 0 bridgehead atoms. The SMILES string of the molecule is CC(C)CN(CCC(=N)N)S(=O)(=O)C1CC1. The average molecular weight is 247 g/mol. The third-order valence-electron chi connectivity index (χ3n) is 2.50. The molecule has 3 N–H and O–H groups in total. The first-order chi connectivity index (χ1) is 7.34. The van der Waals surface area contributed by atoms with Gasteiger partial charge in [0.15, 0.2) is 0 Å². The van der Waals surface area contributed by atoms with E-state index in [0.29, 0.717) is 25.4 Å². The van der Waals surface area contributed by atoms with Crippen LogP contribution in [0, 0.1) is 11.3 Å². The molecule has 0 heterocycles. The summed E-state index contributed by atoms with van der Waals surface area (Å²) in [5.74, 6) is 0.334. The molecular formula is C10H21N3O2S. The maximum atomic E-state index is 12.1. The van der Waals surface area contributed by atoms with Crippen molar-refractivity contribution >= 4 is 15.9 Å². The van der Waals surface area contributed by atoms with Crippen molar-refractivity contribution in [2.75, 3.05) is 13.1 Å². The van der Waals surface area contributed by atoms with Crippen LogP contribution in [0.2, 0.25) is 0 Å². The standard InChI is InChI=1S/C10H21N3O2S/c1-8(2)7-13(6-5-10(11)12)16(14,15)9-3-4-9/h8-9H,3-7H2,1-2H3,(H3,11,12). The lowest BCUT2D eigenvalue weighted by molar-refractivity contribution is 0.373. The fourth-order valence-corrected chi connectivity index (χ4v) is 3.56. The maximum absolute atomic E-state index is 12.1. The molecule has 1 aliphatic rings. The van der Waals surface area contributed by atoms with E-state index in [0.717, 1.165) is 12.8 Å². The predicted octanol–water partition coefficient (Wildman–Crippen LogP) is 0.763. The number of sulfonamides is 1. The third kappa shape index (κ3) is 3.75. The van der Waals surface area contributed by atoms with Crippen LogP contribution in [-0.2, 0) is 10.0 Å². The van der Waals surface area contributed by atoms with Crippen LogP contribution in [0.1, 0.15) is 33.1 Å². The molecule has 0 spiro atoms. The minimum atomic E-state index is -3.14. The van der Waals surface area contributed by atoms with E-state index in [4.69, 9.17) is 11.1 Å². The predicted molar refractivity (Wildman–Crippen MR) is 64.9 cm³/mol. The minimum absolute atomic E-state index is 0.0414. The Morgan fingerprint density at radius 1 is 1.50 bits per heavy atom. The van der Waals surface area contributed by atoms with Gasteiger partial charge in [-0.15, -0.1) is 0 Å². The first-order valence-corrected chi connectivity index (χ1v) is 7.16. The van der Waals surface area contributed by atoms with E-state index in [1.54, 1.807) is 0 Å². The molecule has 0 aliphatic heterocycles. The molecule has 5 nitrogen and oxygen atoms in total. The number of amidine groups is 1. The highest BCUT2D eigenvalue weighted by Crippen LogP contribution is 2.31. The highest BCUT2D eigenvalue weighted by atomic mass is 32.2. The van der Waals surface area contributed by atoms with Crippen LogP contribution in [0.4, 0.5) is 0 Å². The molecule has 1 saturated carbocycles. The Kier molecular flexibility index (Phi) is 4.32. The summed E-state index contributed by atoms with van der Waals surface area (Å²) in [7, 11) is -3.14. The summed E-state index contributed by atoms with van der Waals surface area (Å²) in [5.41, 5.74) is 5.27. The lowest BCUT2D eigenvalue weighted by atomic mass is 10.2. The first-order valence-electron chi connectivity index (χ1n) is 5.66. The Bertz CT molecular complexity index is 347. The van der Waals surface area contributed by atoms with E-state index in [1.165, 1.54) is 4.31 Å². The van der Waals surface area contributed by atoms with Gasteiger partial charge >= 0.3 is 0 Å². The molecule has 0 atom stereocenters. The van der Waals surface area contributed by atoms with Gasteiger partial charge in [0.25, 0.3) is 0 Å². The maximum Gasteiger partial charge on any atom is 0.217 e. The minimum Gasteiger partial charge on any atom is -0.388 e. The fourth-order valence-electron chi connectivity index (χ4n) is 1.55. The largest absolute Gasteiger partial charge is 0.388 e. The first kappa shape index (κ1) is 13.4. The summed E-state index contributed by atoms with van der Waals surface area (Å²) in [5, 5.41) is 6.97. The number of rotatable bonds is 7. The van der Waals surface area contributed by atoms with Gasteiger partial charge in [-0.3, -0.25) is 5.41 Å². The van der Waals surface area contributed by atoms with Crippen molar-refractivity contribution in [3.8, 4) is 0 Å². The molecule has 1 fully saturated rings. The zero-order chi connectivity index (χ0) is 12.3. The van der Waals surface area contributed by atoms with Crippen LogP contribution < -0.4 is 5.73 Å². The van der Waals surface area contributed by atoms with Crippen LogP contribution in [0.25, 0.3) is 0 Å². The highest BCUT2D eigenvalue weighted by molar-refractivity contribution is 7.90. The summed E-state index contributed by atoms with van der Waals surface area (Å²) in [6, 6.07) is 0. The monoisotopic (exact) mass is 247 g/mol. The van der Waals surface area contributed by atoms with Crippen LogP contribution in [-0.4, -0.2) is 36.9 Å². The fraction of sp³-hybridized carbons (Fsp3) is 0.900. The Labute approximate surface area is 97.6 Å². The second-order valence-electron chi connectivity index (χ2n) is 4.77. The smallest absolute Gasteiger partial charge is 0.217 e. The molecule has 0 aromatic heterocycles. The van der Waals surface area contributed by atoms with Gasteiger partial charge in [-0.2, -0.15) is 0 Å². The van der Waals surface area contributed by atoms with E-state index in [9.17, 15) is 8.42 Å². The molecule has 1 rings (SSSR count). The quantitative estimate of drug-likeness (QED) is 0.514. The molecule has 0 saturated heterocycles. The van der Waals surface area contributed by atoms with Crippen molar-refractivity contribution in [3.05, 3.63) is 0 Å².